The fourth-order valence-corrected chi connectivity index (χ4v) is 2.29. The zero-order valence-corrected chi connectivity index (χ0v) is 13.3. The van der Waals surface area contributed by atoms with Crippen molar-refractivity contribution in [2.75, 3.05) is 14.2 Å². The van der Waals surface area contributed by atoms with E-state index in [0.29, 0.717) is 22.8 Å². The van der Waals surface area contributed by atoms with Crippen molar-refractivity contribution in [3.63, 3.8) is 0 Å². The van der Waals surface area contributed by atoms with Crippen molar-refractivity contribution in [3.05, 3.63) is 63.4 Å². The number of esters is 1. The van der Waals surface area contributed by atoms with Crippen LogP contribution in [0.3, 0.4) is 0 Å². The number of methoxy groups -OCH3 is 2. The smallest absolute Gasteiger partial charge is 0.433 e. The van der Waals surface area contributed by atoms with Gasteiger partial charge >= 0.3 is 11.9 Å². The normalized spacial score (nSPS) is 15.0. The van der Waals surface area contributed by atoms with Crippen LogP contribution in [0.4, 0.5) is 5.88 Å². The Hall–Kier alpha value is -3.55. The maximum absolute atomic E-state index is 12.0. The first-order chi connectivity index (χ1) is 12.0. The van der Waals surface area contributed by atoms with E-state index in [2.05, 4.69) is 0 Å². The van der Waals surface area contributed by atoms with E-state index in [9.17, 15) is 14.9 Å². The summed E-state index contributed by atoms with van der Waals surface area (Å²) in [6.45, 7) is 0. The molecule has 2 aromatic rings. The second-order valence-corrected chi connectivity index (χ2v) is 5.00. The second-order valence-electron chi connectivity index (χ2n) is 5.00. The summed E-state index contributed by atoms with van der Waals surface area (Å²) in [5.41, 5.74) is 0.780. The van der Waals surface area contributed by atoms with Gasteiger partial charge in [0.15, 0.2) is 0 Å². The summed E-state index contributed by atoms with van der Waals surface area (Å²) in [6, 6.07) is 7.70. The topological polar surface area (TPSA) is 101 Å². The number of ether oxygens (including phenoxy) is 3. The summed E-state index contributed by atoms with van der Waals surface area (Å²) in [5.74, 6) is 0.568. The van der Waals surface area contributed by atoms with Gasteiger partial charge in [0.05, 0.1) is 31.4 Å². The number of nitro groups is 1. The number of carbonyl (C=O) groups is 1. The SMILES string of the molecule is COc1ccc(C2=C/C(=C/c3ccc([N+](=O)[O-])o3)C(=O)O2)c(OC)c1. The number of carbonyl (C=O) groups excluding carboxylic acids is 1. The van der Waals surface area contributed by atoms with E-state index in [1.807, 2.05) is 0 Å². The molecule has 8 nitrogen and oxygen atoms in total. The van der Waals surface area contributed by atoms with E-state index in [0.717, 1.165) is 0 Å². The number of hydrogen-bond donors (Lipinski definition) is 0. The number of nitrogens with zero attached hydrogens (tertiary/aromatic N) is 1. The monoisotopic (exact) mass is 343 g/mol. The third-order valence-electron chi connectivity index (χ3n) is 3.49. The van der Waals surface area contributed by atoms with Crippen molar-refractivity contribution in [1.82, 2.24) is 0 Å². The molecule has 0 saturated carbocycles. The van der Waals surface area contributed by atoms with Gasteiger partial charge in [-0.2, -0.15) is 0 Å². The van der Waals surface area contributed by atoms with Crippen molar-refractivity contribution in [2.24, 2.45) is 0 Å². The standard InChI is InChI=1S/C17H13NO7/c1-22-11-3-5-13(14(9-11)23-2)15-8-10(17(19)25-15)7-12-4-6-16(24-12)18(20)21/h3-9H,1-2H3/b10-7-. The quantitative estimate of drug-likeness (QED) is 0.355. The average Bonchev–Trinajstić information content (AvgIpc) is 3.22. The summed E-state index contributed by atoms with van der Waals surface area (Å²) >= 11 is 0. The molecule has 0 amide bonds. The molecular weight excluding hydrogens is 330 g/mol. The summed E-state index contributed by atoms with van der Waals surface area (Å²) in [5, 5.41) is 10.6. The maximum Gasteiger partial charge on any atom is 0.433 e. The highest BCUT2D eigenvalue weighted by Crippen LogP contribution is 2.35. The van der Waals surface area contributed by atoms with Gasteiger partial charge in [0.25, 0.3) is 0 Å². The molecule has 0 N–H and O–H groups in total. The van der Waals surface area contributed by atoms with Crippen molar-refractivity contribution < 1.29 is 28.3 Å². The highest BCUT2D eigenvalue weighted by Gasteiger charge is 2.25. The van der Waals surface area contributed by atoms with Crippen LogP contribution in [0.5, 0.6) is 11.5 Å². The minimum absolute atomic E-state index is 0.179. The molecule has 0 atom stereocenters. The summed E-state index contributed by atoms with van der Waals surface area (Å²) in [4.78, 5) is 22.0. The van der Waals surface area contributed by atoms with Gasteiger partial charge in [-0.05, 0) is 30.4 Å². The average molecular weight is 343 g/mol. The molecule has 1 aliphatic rings. The van der Waals surface area contributed by atoms with Crippen LogP contribution >= 0.6 is 0 Å². The predicted molar refractivity (Wildman–Crippen MR) is 87.0 cm³/mol. The molecule has 0 saturated heterocycles. The highest BCUT2D eigenvalue weighted by molar-refractivity contribution is 6.05. The van der Waals surface area contributed by atoms with Crippen LogP contribution < -0.4 is 9.47 Å². The van der Waals surface area contributed by atoms with Crippen LogP contribution in [-0.4, -0.2) is 25.1 Å². The second kappa shape index (κ2) is 6.52. The van der Waals surface area contributed by atoms with Crippen molar-refractivity contribution in [2.45, 2.75) is 0 Å². The largest absolute Gasteiger partial charge is 0.497 e. The van der Waals surface area contributed by atoms with Crippen LogP contribution in [-0.2, 0) is 9.53 Å². The Morgan fingerprint density at radius 3 is 2.60 bits per heavy atom. The number of cyclic esters (lactones) is 1. The molecule has 2 heterocycles. The third kappa shape index (κ3) is 3.23. The zero-order valence-electron chi connectivity index (χ0n) is 13.3. The van der Waals surface area contributed by atoms with Crippen molar-refractivity contribution in [1.29, 1.82) is 0 Å². The molecule has 1 aromatic carbocycles. The van der Waals surface area contributed by atoms with E-state index >= 15 is 0 Å². The molecule has 0 unspecified atom stereocenters. The fourth-order valence-electron chi connectivity index (χ4n) is 2.29. The van der Waals surface area contributed by atoms with E-state index in [1.54, 1.807) is 18.2 Å². The first-order valence-electron chi connectivity index (χ1n) is 7.14. The van der Waals surface area contributed by atoms with Gasteiger partial charge in [-0.25, -0.2) is 4.79 Å². The molecule has 128 valence electrons. The lowest BCUT2D eigenvalue weighted by atomic mass is 10.1. The van der Waals surface area contributed by atoms with E-state index < -0.39 is 16.8 Å². The number of furan rings is 1. The highest BCUT2D eigenvalue weighted by atomic mass is 16.6. The molecule has 0 aliphatic carbocycles. The van der Waals surface area contributed by atoms with Gasteiger partial charge in [0.1, 0.15) is 27.9 Å². The van der Waals surface area contributed by atoms with E-state index in [1.165, 1.54) is 38.5 Å². The molecule has 0 spiro atoms. The lowest BCUT2D eigenvalue weighted by molar-refractivity contribution is -0.402. The molecule has 1 aliphatic heterocycles. The number of rotatable bonds is 5. The minimum atomic E-state index is -0.654. The Kier molecular flexibility index (Phi) is 4.25. The van der Waals surface area contributed by atoms with Crippen molar-refractivity contribution in [3.8, 4) is 11.5 Å². The van der Waals surface area contributed by atoms with E-state index in [4.69, 9.17) is 18.6 Å². The van der Waals surface area contributed by atoms with Gasteiger partial charge in [0.2, 0.25) is 0 Å². The van der Waals surface area contributed by atoms with Gasteiger partial charge in [-0.15, -0.1) is 0 Å². The van der Waals surface area contributed by atoms with Gasteiger partial charge in [0, 0.05) is 6.07 Å². The molecule has 0 radical (unpaired) electrons. The molecule has 3 rings (SSSR count). The molecule has 1 aromatic heterocycles. The Morgan fingerprint density at radius 2 is 1.96 bits per heavy atom. The van der Waals surface area contributed by atoms with Crippen LogP contribution in [0.15, 0.2) is 46.4 Å². The van der Waals surface area contributed by atoms with Crippen molar-refractivity contribution >= 4 is 23.7 Å². The van der Waals surface area contributed by atoms with Crippen LogP contribution in [0.25, 0.3) is 11.8 Å². The lowest BCUT2D eigenvalue weighted by Gasteiger charge is -2.10. The maximum atomic E-state index is 12.0. The summed E-state index contributed by atoms with van der Waals surface area (Å²) in [7, 11) is 3.03. The Balaban J connectivity index is 1.94. The molecule has 0 fully saturated rings. The number of benzene rings is 1. The van der Waals surface area contributed by atoms with Crippen LogP contribution in [0.2, 0.25) is 0 Å². The van der Waals surface area contributed by atoms with Crippen LogP contribution in [0.1, 0.15) is 11.3 Å². The van der Waals surface area contributed by atoms with Gasteiger partial charge in [-0.1, -0.05) is 0 Å². The Bertz CT molecular complexity index is 907. The van der Waals surface area contributed by atoms with E-state index in [-0.39, 0.29) is 11.3 Å². The lowest BCUT2D eigenvalue weighted by Crippen LogP contribution is -1.98. The number of hydrogen-bond acceptors (Lipinski definition) is 7. The molecular formula is C17H13NO7. The van der Waals surface area contributed by atoms with Gasteiger partial charge in [-0.3, -0.25) is 10.1 Å². The van der Waals surface area contributed by atoms with Crippen LogP contribution in [0, 0.1) is 10.1 Å². The fraction of sp³-hybridized carbons (Fsp3) is 0.118. The zero-order chi connectivity index (χ0) is 18.0. The Morgan fingerprint density at radius 1 is 1.16 bits per heavy atom. The summed E-state index contributed by atoms with van der Waals surface area (Å²) in [6.07, 6.45) is 2.89. The molecule has 0 bridgehead atoms. The minimum Gasteiger partial charge on any atom is -0.497 e. The first-order valence-corrected chi connectivity index (χ1v) is 7.14. The predicted octanol–water partition coefficient (Wildman–Crippen LogP) is 3.19. The molecule has 8 heteroatoms. The molecule has 25 heavy (non-hydrogen) atoms. The summed E-state index contributed by atoms with van der Waals surface area (Å²) < 4.78 is 20.7. The third-order valence-corrected chi connectivity index (χ3v) is 3.49. The van der Waals surface area contributed by atoms with Gasteiger partial charge < -0.3 is 18.6 Å². The first kappa shape index (κ1) is 16.3. The Labute approximate surface area is 142 Å².